The van der Waals surface area contributed by atoms with Gasteiger partial charge in [-0.1, -0.05) is 13.0 Å². The van der Waals surface area contributed by atoms with Gasteiger partial charge in [0.2, 0.25) is 0 Å². The van der Waals surface area contributed by atoms with Crippen LogP contribution in [0.15, 0.2) is 29.6 Å². The van der Waals surface area contributed by atoms with Gasteiger partial charge in [-0.2, -0.15) is 0 Å². The highest BCUT2D eigenvalue weighted by Gasteiger charge is 2.18. The van der Waals surface area contributed by atoms with Crippen molar-refractivity contribution in [2.45, 2.75) is 26.3 Å². The monoisotopic (exact) mass is 308 g/mol. The van der Waals surface area contributed by atoms with Crippen LogP contribution in [0.5, 0.6) is 5.75 Å². The minimum Gasteiger partial charge on any atom is -0.490 e. The third kappa shape index (κ3) is 3.47. The Hall–Kier alpha value is -1.75. The first-order valence-corrected chi connectivity index (χ1v) is 7.90. The molecule has 1 unspecified atom stereocenters. The van der Waals surface area contributed by atoms with E-state index in [0.717, 1.165) is 12.1 Å². The van der Waals surface area contributed by atoms with E-state index in [1.54, 1.807) is 17.4 Å². The lowest BCUT2D eigenvalue weighted by Crippen LogP contribution is -2.22. The molecule has 0 aliphatic rings. The molecule has 0 amide bonds. The Kier molecular flexibility index (Phi) is 5.07. The third-order valence-corrected chi connectivity index (χ3v) is 4.50. The van der Waals surface area contributed by atoms with Crippen LogP contribution in [0.1, 0.15) is 31.2 Å². The third-order valence-electron chi connectivity index (χ3n) is 3.46. The van der Waals surface area contributed by atoms with E-state index in [0.29, 0.717) is 12.3 Å². The number of halogens is 1. The first-order chi connectivity index (χ1) is 10.0. The summed E-state index contributed by atoms with van der Waals surface area (Å²) in [4.78, 5) is 3.27. The Morgan fingerprint density at radius 3 is 2.81 bits per heavy atom. The molecule has 0 bridgehead atoms. The molecule has 2 N–H and O–H groups in total. The molecule has 0 spiro atoms. The quantitative estimate of drug-likeness (QED) is 0.801. The summed E-state index contributed by atoms with van der Waals surface area (Å²) in [7, 11) is 1.96. The molecule has 1 atom stereocenters. The SMILES string of the molecule is CCCOc1cc(N(C)C(C)c2cccs2)c(N)cc1F. The molecule has 3 nitrogen and oxygen atoms in total. The van der Waals surface area contributed by atoms with E-state index >= 15 is 0 Å². The van der Waals surface area contributed by atoms with Gasteiger partial charge >= 0.3 is 0 Å². The number of nitrogen functional groups attached to an aromatic ring is 1. The lowest BCUT2D eigenvalue weighted by Gasteiger charge is -2.28. The highest BCUT2D eigenvalue weighted by Crippen LogP contribution is 2.35. The first-order valence-electron chi connectivity index (χ1n) is 7.02. The summed E-state index contributed by atoms with van der Waals surface area (Å²) in [5.74, 6) is -0.159. The fourth-order valence-corrected chi connectivity index (χ4v) is 2.94. The van der Waals surface area contributed by atoms with Crippen LogP contribution in [0.3, 0.4) is 0 Å². The maximum atomic E-state index is 13.9. The molecular formula is C16H21FN2OS. The van der Waals surface area contributed by atoms with Crippen molar-refractivity contribution in [3.8, 4) is 5.75 Å². The van der Waals surface area contributed by atoms with Crippen LogP contribution in [-0.2, 0) is 0 Å². The molecule has 0 aliphatic heterocycles. The molecule has 0 saturated heterocycles. The number of anilines is 2. The second-order valence-electron chi connectivity index (χ2n) is 4.99. The van der Waals surface area contributed by atoms with Crippen LogP contribution in [0.4, 0.5) is 15.8 Å². The zero-order valence-electron chi connectivity index (χ0n) is 12.6. The molecule has 0 radical (unpaired) electrons. The highest BCUT2D eigenvalue weighted by molar-refractivity contribution is 7.10. The van der Waals surface area contributed by atoms with Crippen molar-refractivity contribution in [2.75, 3.05) is 24.3 Å². The molecule has 21 heavy (non-hydrogen) atoms. The summed E-state index contributed by atoms with van der Waals surface area (Å²) in [5.41, 5.74) is 7.18. The van der Waals surface area contributed by atoms with Gasteiger partial charge in [0.25, 0.3) is 0 Å². The average molecular weight is 308 g/mol. The van der Waals surface area contributed by atoms with E-state index in [1.807, 2.05) is 30.3 Å². The largest absolute Gasteiger partial charge is 0.490 e. The van der Waals surface area contributed by atoms with E-state index in [9.17, 15) is 4.39 Å². The van der Waals surface area contributed by atoms with Gasteiger partial charge < -0.3 is 15.4 Å². The van der Waals surface area contributed by atoms with Gasteiger partial charge in [0.1, 0.15) is 0 Å². The van der Waals surface area contributed by atoms with Crippen molar-refractivity contribution in [1.29, 1.82) is 0 Å². The van der Waals surface area contributed by atoms with Gasteiger partial charge in [0.05, 0.1) is 24.0 Å². The fraction of sp³-hybridized carbons (Fsp3) is 0.375. The minimum atomic E-state index is -0.415. The summed E-state index contributed by atoms with van der Waals surface area (Å²) in [6.07, 6.45) is 0.834. The van der Waals surface area contributed by atoms with Gasteiger partial charge in [-0.15, -0.1) is 11.3 Å². The maximum Gasteiger partial charge on any atom is 0.167 e. The van der Waals surface area contributed by atoms with Crippen molar-refractivity contribution in [3.63, 3.8) is 0 Å². The number of hydrogen-bond donors (Lipinski definition) is 1. The summed E-state index contributed by atoms with van der Waals surface area (Å²) in [6, 6.07) is 7.29. The molecule has 2 aromatic rings. The number of ether oxygens (including phenoxy) is 1. The average Bonchev–Trinajstić information content (AvgIpc) is 2.99. The van der Waals surface area contributed by atoms with Crippen molar-refractivity contribution >= 4 is 22.7 Å². The predicted octanol–water partition coefficient (Wildman–Crippen LogP) is 4.46. The van der Waals surface area contributed by atoms with Crippen LogP contribution in [-0.4, -0.2) is 13.7 Å². The van der Waals surface area contributed by atoms with E-state index in [-0.39, 0.29) is 11.8 Å². The Balaban J connectivity index is 2.29. The second kappa shape index (κ2) is 6.80. The highest BCUT2D eigenvalue weighted by atomic mass is 32.1. The standard InChI is InChI=1S/C16H21FN2OS/c1-4-7-20-15-10-14(13(18)9-12(15)17)19(3)11(2)16-6-5-8-21-16/h5-6,8-11H,4,7,18H2,1-3H3. The molecule has 0 saturated carbocycles. The van der Waals surface area contributed by atoms with Crippen LogP contribution < -0.4 is 15.4 Å². The van der Waals surface area contributed by atoms with Crippen LogP contribution in [0, 0.1) is 5.82 Å². The van der Waals surface area contributed by atoms with Crippen LogP contribution in [0.2, 0.25) is 0 Å². The van der Waals surface area contributed by atoms with Crippen molar-refractivity contribution in [2.24, 2.45) is 0 Å². The summed E-state index contributed by atoms with van der Waals surface area (Å²) >= 11 is 1.69. The van der Waals surface area contributed by atoms with Crippen molar-refractivity contribution in [1.82, 2.24) is 0 Å². The number of benzene rings is 1. The molecule has 5 heteroatoms. The van der Waals surface area contributed by atoms with Gasteiger partial charge in [-0.3, -0.25) is 0 Å². The summed E-state index contributed by atoms with van der Waals surface area (Å²) in [5, 5.41) is 2.05. The molecule has 0 fully saturated rings. The molecule has 1 heterocycles. The Morgan fingerprint density at radius 1 is 1.43 bits per heavy atom. The number of nitrogens with two attached hydrogens (primary N) is 1. The van der Waals surface area contributed by atoms with Gasteiger partial charge in [0.15, 0.2) is 11.6 Å². The zero-order valence-corrected chi connectivity index (χ0v) is 13.4. The molecule has 1 aromatic heterocycles. The lowest BCUT2D eigenvalue weighted by atomic mass is 10.1. The van der Waals surface area contributed by atoms with Gasteiger partial charge in [-0.05, 0) is 24.8 Å². The predicted molar refractivity (Wildman–Crippen MR) is 87.7 cm³/mol. The van der Waals surface area contributed by atoms with Crippen LogP contribution >= 0.6 is 11.3 Å². The molecule has 1 aromatic carbocycles. The van der Waals surface area contributed by atoms with Gasteiger partial charge in [-0.25, -0.2) is 4.39 Å². The van der Waals surface area contributed by atoms with Crippen molar-refractivity contribution in [3.05, 3.63) is 40.3 Å². The first kappa shape index (κ1) is 15.6. The zero-order chi connectivity index (χ0) is 15.4. The van der Waals surface area contributed by atoms with Gasteiger partial charge in [0, 0.05) is 24.1 Å². The van der Waals surface area contributed by atoms with E-state index < -0.39 is 5.82 Å². The summed E-state index contributed by atoms with van der Waals surface area (Å²) in [6.45, 7) is 4.58. The van der Waals surface area contributed by atoms with E-state index in [4.69, 9.17) is 10.5 Å². The number of nitrogens with zero attached hydrogens (tertiary/aromatic N) is 1. The van der Waals surface area contributed by atoms with E-state index in [2.05, 4.69) is 13.0 Å². The number of hydrogen-bond acceptors (Lipinski definition) is 4. The lowest BCUT2D eigenvalue weighted by molar-refractivity contribution is 0.301. The van der Waals surface area contributed by atoms with Crippen LogP contribution in [0.25, 0.3) is 0 Å². The molecular weight excluding hydrogens is 287 g/mol. The Bertz CT molecular complexity index is 586. The topological polar surface area (TPSA) is 38.5 Å². The number of rotatable bonds is 6. The second-order valence-corrected chi connectivity index (χ2v) is 5.97. The minimum absolute atomic E-state index is 0.164. The fourth-order valence-electron chi connectivity index (χ4n) is 2.11. The Labute approximate surface area is 129 Å². The summed E-state index contributed by atoms with van der Waals surface area (Å²) < 4.78 is 19.3. The molecule has 0 aliphatic carbocycles. The number of thiophene rings is 1. The normalized spacial score (nSPS) is 12.2. The smallest absolute Gasteiger partial charge is 0.167 e. The van der Waals surface area contributed by atoms with Crippen molar-refractivity contribution < 1.29 is 9.13 Å². The maximum absolute atomic E-state index is 13.9. The Morgan fingerprint density at radius 2 is 2.19 bits per heavy atom. The van der Waals surface area contributed by atoms with E-state index in [1.165, 1.54) is 10.9 Å². The molecule has 2 rings (SSSR count). The molecule has 114 valence electrons.